The summed E-state index contributed by atoms with van der Waals surface area (Å²) < 4.78 is 1.73. The zero-order chi connectivity index (χ0) is 17.2. The van der Waals surface area contributed by atoms with Gasteiger partial charge in [-0.25, -0.2) is 0 Å². The van der Waals surface area contributed by atoms with Crippen molar-refractivity contribution in [3.05, 3.63) is 48.0 Å². The van der Waals surface area contributed by atoms with Crippen LogP contribution < -0.4 is 10.9 Å². The number of pyridine rings is 1. The largest absolute Gasteiger partial charge is 0.336 e. The number of hydrazine groups is 1. The number of amides is 1. The molecule has 132 valence electrons. The maximum absolute atomic E-state index is 12.8. The first kappa shape index (κ1) is 16.2. The lowest BCUT2D eigenvalue weighted by atomic mass is 9.88. The summed E-state index contributed by atoms with van der Waals surface area (Å²) in [4.78, 5) is 19.0. The molecule has 7 heteroatoms. The third-order valence-electron chi connectivity index (χ3n) is 5.25. The number of nitrogens with one attached hydrogen (secondary N) is 2. The van der Waals surface area contributed by atoms with Gasteiger partial charge >= 0.3 is 0 Å². The van der Waals surface area contributed by atoms with E-state index in [1.807, 2.05) is 30.4 Å². The Bertz CT molecular complexity index is 730. The summed E-state index contributed by atoms with van der Waals surface area (Å²) in [7, 11) is 0. The van der Waals surface area contributed by atoms with E-state index in [4.69, 9.17) is 0 Å². The number of hydrogen-bond donors (Lipinski definition) is 2. The first-order valence-corrected chi connectivity index (χ1v) is 8.89. The highest BCUT2D eigenvalue weighted by Crippen LogP contribution is 2.31. The Morgan fingerprint density at radius 3 is 2.96 bits per heavy atom. The number of rotatable bonds is 4. The molecule has 25 heavy (non-hydrogen) atoms. The predicted molar refractivity (Wildman–Crippen MR) is 93.6 cm³/mol. The van der Waals surface area contributed by atoms with Crippen molar-refractivity contribution < 1.29 is 4.79 Å². The number of aromatic nitrogens is 3. The highest BCUT2D eigenvalue weighted by atomic mass is 16.2. The summed E-state index contributed by atoms with van der Waals surface area (Å²) in [6, 6.07) is 4.56. The van der Waals surface area contributed by atoms with Crippen molar-refractivity contribution >= 4 is 5.91 Å². The SMILES string of the molecule is Cc1cnn(CC(=O)N2CCCC2C2NNCC2c2ccncc2)c1. The molecule has 0 bridgehead atoms. The van der Waals surface area contributed by atoms with E-state index in [2.05, 4.69) is 33.1 Å². The first-order chi connectivity index (χ1) is 12.2. The molecule has 0 aromatic carbocycles. The van der Waals surface area contributed by atoms with Gasteiger partial charge in [-0.3, -0.25) is 25.3 Å². The highest BCUT2D eigenvalue weighted by Gasteiger charge is 2.41. The van der Waals surface area contributed by atoms with Gasteiger partial charge in [0.25, 0.3) is 0 Å². The van der Waals surface area contributed by atoms with Gasteiger partial charge in [-0.2, -0.15) is 5.10 Å². The normalized spacial score (nSPS) is 26.3. The van der Waals surface area contributed by atoms with Crippen molar-refractivity contribution in [3.63, 3.8) is 0 Å². The third-order valence-corrected chi connectivity index (χ3v) is 5.25. The van der Waals surface area contributed by atoms with Crippen LogP contribution in [0.25, 0.3) is 0 Å². The molecule has 0 aliphatic carbocycles. The summed E-state index contributed by atoms with van der Waals surface area (Å²) in [5.74, 6) is 0.487. The third kappa shape index (κ3) is 3.29. The number of carbonyl (C=O) groups is 1. The molecule has 1 amide bonds. The number of likely N-dealkylation sites (tertiary alicyclic amines) is 1. The molecule has 0 radical (unpaired) electrons. The zero-order valence-electron chi connectivity index (χ0n) is 14.4. The van der Waals surface area contributed by atoms with Gasteiger partial charge in [0.05, 0.1) is 6.20 Å². The molecule has 2 aromatic heterocycles. The molecule has 2 fully saturated rings. The lowest BCUT2D eigenvalue weighted by Crippen LogP contribution is -2.50. The van der Waals surface area contributed by atoms with Gasteiger partial charge in [-0.05, 0) is 43.0 Å². The molecule has 3 atom stereocenters. The van der Waals surface area contributed by atoms with Crippen LogP contribution in [-0.4, -0.2) is 50.7 Å². The smallest absolute Gasteiger partial charge is 0.244 e. The monoisotopic (exact) mass is 340 g/mol. The summed E-state index contributed by atoms with van der Waals surface area (Å²) in [5.41, 5.74) is 9.04. The molecular formula is C18H24N6O. The molecule has 0 saturated carbocycles. The van der Waals surface area contributed by atoms with Crippen LogP contribution in [0.2, 0.25) is 0 Å². The Kier molecular flexibility index (Phi) is 4.50. The van der Waals surface area contributed by atoms with Gasteiger partial charge in [0.1, 0.15) is 6.54 Å². The minimum atomic E-state index is 0.146. The molecule has 0 spiro atoms. The second-order valence-electron chi connectivity index (χ2n) is 6.95. The molecule has 7 nitrogen and oxygen atoms in total. The Hall–Kier alpha value is -2.25. The Morgan fingerprint density at radius 2 is 2.20 bits per heavy atom. The topological polar surface area (TPSA) is 75.1 Å². The maximum atomic E-state index is 12.8. The van der Waals surface area contributed by atoms with Crippen LogP contribution in [0.3, 0.4) is 0 Å². The van der Waals surface area contributed by atoms with E-state index in [0.29, 0.717) is 12.5 Å². The second kappa shape index (κ2) is 6.93. The summed E-state index contributed by atoms with van der Waals surface area (Å²) in [6.07, 6.45) is 9.46. The van der Waals surface area contributed by atoms with Gasteiger partial charge in [-0.15, -0.1) is 0 Å². The van der Waals surface area contributed by atoms with Crippen LogP contribution in [-0.2, 0) is 11.3 Å². The molecular weight excluding hydrogens is 316 g/mol. The molecule has 2 aliphatic heterocycles. The maximum Gasteiger partial charge on any atom is 0.244 e. The van der Waals surface area contributed by atoms with Crippen LogP contribution in [0.1, 0.15) is 29.9 Å². The van der Waals surface area contributed by atoms with Crippen molar-refractivity contribution in [2.45, 2.75) is 44.3 Å². The van der Waals surface area contributed by atoms with Crippen LogP contribution >= 0.6 is 0 Å². The fraction of sp³-hybridized carbons (Fsp3) is 0.500. The van der Waals surface area contributed by atoms with Crippen molar-refractivity contribution in [3.8, 4) is 0 Å². The lowest BCUT2D eigenvalue weighted by Gasteiger charge is -2.32. The van der Waals surface area contributed by atoms with E-state index >= 15 is 0 Å². The van der Waals surface area contributed by atoms with Gasteiger partial charge in [-0.1, -0.05) is 0 Å². The molecule has 2 aliphatic rings. The van der Waals surface area contributed by atoms with Crippen LogP contribution in [0.15, 0.2) is 36.9 Å². The molecule has 2 N–H and O–H groups in total. The van der Waals surface area contributed by atoms with Gasteiger partial charge in [0, 0.05) is 49.7 Å². The Balaban J connectivity index is 1.49. The fourth-order valence-electron chi connectivity index (χ4n) is 4.07. The van der Waals surface area contributed by atoms with Crippen LogP contribution in [0, 0.1) is 6.92 Å². The van der Waals surface area contributed by atoms with E-state index in [1.165, 1.54) is 5.56 Å². The van der Waals surface area contributed by atoms with Crippen molar-refractivity contribution in [2.75, 3.05) is 13.1 Å². The molecule has 4 heterocycles. The summed E-state index contributed by atoms with van der Waals surface area (Å²) in [5, 5.41) is 4.25. The predicted octanol–water partition coefficient (Wildman–Crippen LogP) is 0.838. The molecule has 2 aromatic rings. The van der Waals surface area contributed by atoms with E-state index in [-0.39, 0.29) is 18.0 Å². The van der Waals surface area contributed by atoms with Crippen LogP contribution in [0.5, 0.6) is 0 Å². The highest BCUT2D eigenvalue weighted by molar-refractivity contribution is 5.76. The average molecular weight is 340 g/mol. The van der Waals surface area contributed by atoms with Crippen molar-refractivity contribution in [1.82, 2.24) is 30.5 Å². The standard InChI is InChI=1S/C18H24N6O/c1-13-9-21-23(11-13)12-17(25)24-8-2-3-16(24)18-15(10-20-22-18)14-4-6-19-7-5-14/h4-7,9,11,15-16,18,20,22H,2-3,8,10,12H2,1H3. The summed E-state index contributed by atoms with van der Waals surface area (Å²) in [6.45, 7) is 3.99. The average Bonchev–Trinajstić information content (AvgIpc) is 3.35. The minimum absolute atomic E-state index is 0.146. The Labute approximate surface area is 147 Å². The van der Waals surface area contributed by atoms with Crippen LogP contribution in [0.4, 0.5) is 0 Å². The molecule has 2 saturated heterocycles. The molecule has 3 unspecified atom stereocenters. The van der Waals surface area contributed by atoms with E-state index < -0.39 is 0 Å². The van der Waals surface area contributed by atoms with E-state index in [0.717, 1.165) is 31.5 Å². The minimum Gasteiger partial charge on any atom is -0.336 e. The number of aryl methyl sites for hydroxylation is 1. The van der Waals surface area contributed by atoms with E-state index in [1.54, 1.807) is 10.9 Å². The van der Waals surface area contributed by atoms with E-state index in [9.17, 15) is 4.79 Å². The number of carbonyl (C=O) groups excluding carboxylic acids is 1. The Morgan fingerprint density at radius 1 is 1.36 bits per heavy atom. The number of hydrogen-bond acceptors (Lipinski definition) is 5. The fourth-order valence-corrected chi connectivity index (χ4v) is 4.07. The second-order valence-corrected chi connectivity index (χ2v) is 6.95. The number of nitrogens with zero attached hydrogens (tertiary/aromatic N) is 4. The van der Waals surface area contributed by atoms with Crippen molar-refractivity contribution in [1.29, 1.82) is 0 Å². The first-order valence-electron chi connectivity index (χ1n) is 8.89. The van der Waals surface area contributed by atoms with Crippen molar-refractivity contribution in [2.24, 2.45) is 0 Å². The quantitative estimate of drug-likeness (QED) is 0.863. The lowest BCUT2D eigenvalue weighted by molar-refractivity contribution is -0.133. The van der Waals surface area contributed by atoms with Gasteiger partial charge < -0.3 is 4.90 Å². The van der Waals surface area contributed by atoms with Gasteiger partial charge in [0.15, 0.2) is 0 Å². The summed E-state index contributed by atoms with van der Waals surface area (Å²) >= 11 is 0. The zero-order valence-corrected chi connectivity index (χ0v) is 14.4. The van der Waals surface area contributed by atoms with Gasteiger partial charge in [0.2, 0.25) is 5.91 Å². The molecule has 4 rings (SSSR count).